The van der Waals surface area contributed by atoms with Crippen LogP contribution in [0.4, 0.5) is 20.6 Å². The number of ether oxygens (including phenoxy) is 1. The lowest BCUT2D eigenvalue weighted by Crippen LogP contribution is -2.44. The number of hydrogen-bond donors (Lipinski definition) is 1. The van der Waals surface area contributed by atoms with Crippen molar-refractivity contribution in [2.75, 3.05) is 18.4 Å². The SMILES string of the molecule is CC(C)(C)OC(=O)N1CCC(Nc2cc(F)ccc2[N+](=O)[O-])CC1. The van der Waals surface area contributed by atoms with Crippen molar-refractivity contribution < 1.29 is 18.8 Å². The van der Waals surface area contributed by atoms with E-state index >= 15 is 0 Å². The molecular formula is C16H22FN3O4. The number of halogens is 1. The van der Waals surface area contributed by atoms with Gasteiger partial charge in [0.25, 0.3) is 5.69 Å². The Morgan fingerprint density at radius 2 is 2.00 bits per heavy atom. The van der Waals surface area contributed by atoms with E-state index in [1.54, 1.807) is 4.90 Å². The Kier molecular flexibility index (Phi) is 5.26. The Morgan fingerprint density at radius 1 is 1.38 bits per heavy atom. The summed E-state index contributed by atoms with van der Waals surface area (Å²) in [4.78, 5) is 24.1. The van der Waals surface area contributed by atoms with Crippen LogP contribution in [0.2, 0.25) is 0 Å². The van der Waals surface area contributed by atoms with Gasteiger partial charge in [-0.25, -0.2) is 9.18 Å². The van der Waals surface area contributed by atoms with Gasteiger partial charge in [0, 0.05) is 31.3 Å². The number of amides is 1. The van der Waals surface area contributed by atoms with Gasteiger partial charge in [0.2, 0.25) is 0 Å². The van der Waals surface area contributed by atoms with Crippen molar-refractivity contribution in [3.8, 4) is 0 Å². The summed E-state index contributed by atoms with van der Waals surface area (Å²) in [6, 6.07) is 3.27. The summed E-state index contributed by atoms with van der Waals surface area (Å²) < 4.78 is 18.7. The van der Waals surface area contributed by atoms with Crippen molar-refractivity contribution in [3.63, 3.8) is 0 Å². The normalized spacial score (nSPS) is 15.9. The quantitative estimate of drug-likeness (QED) is 0.672. The van der Waals surface area contributed by atoms with Gasteiger partial charge in [0.1, 0.15) is 17.1 Å². The Bertz CT molecular complexity index is 622. The number of carbonyl (C=O) groups is 1. The Labute approximate surface area is 139 Å². The van der Waals surface area contributed by atoms with Crippen molar-refractivity contribution in [3.05, 3.63) is 34.1 Å². The first-order valence-electron chi connectivity index (χ1n) is 7.84. The standard InChI is InChI=1S/C16H22FN3O4/c1-16(2,3)24-15(21)19-8-6-12(7-9-19)18-13-10-11(17)4-5-14(13)20(22)23/h4-5,10,12,18H,6-9H2,1-3H3. The van der Waals surface area contributed by atoms with Crippen LogP contribution in [0.15, 0.2) is 18.2 Å². The van der Waals surface area contributed by atoms with Crippen LogP contribution in [-0.2, 0) is 4.74 Å². The number of anilines is 1. The van der Waals surface area contributed by atoms with Crippen LogP contribution in [0.5, 0.6) is 0 Å². The maximum Gasteiger partial charge on any atom is 0.410 e. The molecule has 1 aliphatic heterocycles. The molecule has 1 saturated heterocycles. The van der Waals surface area contributed by atoms with Crippen molar-refractivity contribution in [2.24, 2.45) is 0 Å². The molecule has 0 spiro atoms. The Morgan fingerprint density at radius 3 is 2.54 bits per heavy atom. The second-order valence-corrected chi connectivity index (χ2v) is 6.80. The highest BCUT2D eigenvalue weighted by Crippen LogP contribution is 2.27. The first-order valence-corrected chi connectivity index (χ1v) is 7.84. The van der Waals surface area contributed by atoms with Crippen molar-refractivity contribution >= 4 is 17.5 Å². The van der Waals surface area contributed by atoms with Crippen molar-refractivity contribution in [2.45, 2.75) is 45.3 Å². The number of benzene rings is 1. The molecule has 0 aliphatic carbocycles. The number of piperidine rings is 1. The van der Waals surface area contributed by atoms with Crippen LogP contribution in [0, 0.1) is 15.9 Å². The summed E-state index contributed by atoms with van der Waals surface area (Å²) in [5.74, 6) is -0.533. The van der Waals surface area contributed by atoms with E-state index in [2.05, 4.69) is 5.32 Å². The molecule has 0 unspecified atom stereocenters. The number of nitro benzene ring substituents is 1. The third kappa shape index (κ3) is 4.81. The number of nitro groups is 1. The summed E-state index contributed by atoms with van der Waals surface area (Å²) >= 11 is 0. The van der Waals surface area contributed by atoms with Crippen molar-refractivity contribution in [1.29, 1.82) is 0 Å². The average Bonchev–Trinajstić information content (AvgIpc) is 2.46. The average molecular weight is 339 g/mol. The summed E-state index contributed by atoms with van der Waals surface area (Å²) in [6.07, 6.45) is 0.845. The molecule has 24 heavy (non-hydrogen) atoms. The molecule has 1 aromatic carbocycles. The molecule has 0 radical (unpaired) electrons. The number of hydrogen-bond acceptors (Lipinski definition) is 5. The summed E-state index contributed by atoms with van der Waals surface area (Å²) in [7, 11) is 0. The minimum atomic E-state index is -0.547. The van der Waals surface area contributed by atoms with Crippen LogP contribution in [0.25, 0.3) is 0 Å². The van der Waals surface area contributed by atoms with E-state index in [-0.39, 0.29) is 23.5 Å². The van der Waals surface area contributed by atoms with Gasteiger partial charge in [-0.05, 0) is 39.7 Å². The smallest absolute Gasteiger partial charge is 0.410 e. The Hall–Kier alpha value is -2.38. The zero-order valence-electron chi connectivity index (χ0n) is 14.0. The van der Waals surface area contributed by atoms with Crippen LogP contribution >= 0.6 is 0 Å². The molecule has 0 saturated carbocycles. The third-order valence-corrected chi connectivity index (χ3v) is 3.66. The van der Waals surface area contributed by atoms with Gasteiger partial charge >= 0.3 is 6.09 Å². The van der Waals surface area contributed by atoms with E-state index in [1.807, 2.05) is 20.8 Å². The predicted molar refractivity (Wildman–Crippen MR) is 87.5 cm³/mol. The highest BCUT2D eigenvalue weighted by atomic mass is 19.1. The first kappa shape index (κ1) is 18.0. The van der Waals surface area contributed by atoms with E-state index < -0.39 is 16.3 Å². The lowest BCUT2D eigenvalue weighted by atomic mass is 10.0. The molecule has 0 aromatic heterocycles. The van der Waals surface area contributed by atoms with E-state index in [4.69, 9.17) is 4.74 Å². The second-order valence-electron chi connectivity index (χ2n) is 6.80. The third-order valence-electron chi connectivity index (χ3n) is 3.66. The maximum atomic E-state index is 13.4. The lowest BCUT2D eigenvalue weighted by molar-refractivity contribution is -0.384. The monoisotopic (exact) mass is 339 g/mol. The second kappa shape index (κ2) is 7.02. The maximum absolute atomic E-state index is 13.4. The minimum absolute atomic E-state index is 0.0656. The number of rotatable bonds is 3. The summed E-state index contributed by atoms with van der Waals surface area (Å²) in [5, 5.41) is 14.0. The molecule has 0 bridgehead atoms. The van der Waals surface area contributed by atoms with E-state index in [9.17, 15) is 19.3 Å². The van der Waals surface area contributed by atoms with Gasteiger partial charge in [-0.15, -0.1) is 0 Å². The van der Waals surface area contributed by atoms with Crippen molar-refractivity contribution in [1.82, 2.24) is 4.90 Å². The number of carbonyl (C=O) groups excluding carboxylic acids is 1. The highest BCUT2D eigenvalue weighted by Gasteiger charge is 2.27. The zero-order chi connectivity index (χ0) is 17.9. The summed E-state index contributed by atoms with van der Waals surface area (Å²) in [6.45, 7) is 6.39. The van der Waals surface area contributed by atoms with Crippen LogP contribution in [0.3, 0.4) is 0 Å². The first-order chi connectivity index (χ1) is 11.2. The molecule has 8 heteroatoms. The van der Waals surface area contributed by atoms with E-state index in [0.29, 0.717) is 25.9 Å². The van der Waals surface area contributed by atoms with Crippen LogP contribution in [0.1, 0.15) is 33.6 Å². The largest absolute Gasteiger partial charge is 0.444 e. The van der Waals surface area contributed by atoms with E-state index in [1.165, 1.54) is 0 Å². The molecule has 0 atom stereocenters. The Balaban J connectivity index is 1.95. The fraction of sp³-hybridized carbons (Fsp3) is 0.562. The molecule has 2 rings (SSSR count). The van der Waals surface area contributed by atoms with Gasteiger partial charge < -0.3 is 15.0 Å². The highest BCUT2D eigenvalue weighted by molar-refractivity contribution is 5.68. The zero-order valence-corrected chi connectivity index (χ0v) is 14.0. The lowest BCUT2D eigenvalue weighted by Gasteiger charge is -2.34. The fourth-order valence-corrected chi connectivity index (χ4v) is 2.54. The molecule has 1 N–H and O–H groups in total. The fourth-order valence-electron chi connectivity index (χ4n) is 2.54. The van der Waals surface area contributed by atoms with E-state index in [0.717, 1.165) is 18.2 Å². The van der Waals surface area contributed by atoms with Gasteiger partial charge in [0.15, 0.2) is 0 Å². The topological polar surface area (TPSA) is 84.7 Å². The van der Waals surface area contributed by atoms with Gasteiger partial charge in [0.05, 0.1) is 4.92 Å². The molecular weight excluding hydrogens is 317 g/mol. The molecule has 1 aromatic rings. The predicted octanol–water partition coefficient (Wildman–Crippen LogP) is 3.55. The summed E-state index contributed by atoms with van der Waals surface area (Å²) in [5.41, 5.74) is -0.546. The minimum Gasteiger partial charge on any atom is -0.444 e. The molecule has 132 valence electrons. The van der Waals surface area contributed by atoms with Gasteiger partial charge in [-0.3, -0.25) is 10.1 Å². The van der Waals surface area contributed by atoms with Gasteiger partial charge in [-0.1, -0.05) is 0 Å². The van der Waals surface area contributed by atoms with Crippen LogP contribution < -0.4 is 5.32 Å². The number of likely N-dealkylation sites (tertiary alicyclic amines) is 1. The molecule has 1 aliphatic rings. The van der Waals surface area contributed by atoms with Gasteiger partial charge in [-0.2, -0.15) is 0 Å². The number of nitrogens with zero attached hydrogens (tertiary/aromatic N) is 2. The molecule has 1 amide bonds. The van der Waals surface area contributed by atoms with Crippen LogP contribution in [-0.4, -0.2) is 40.6 Å². The number of nitrogens with one attached hydrogen (secondary N) is 1. The molecule has 1 heterocycles. The molecule has 7 nitrogen and oxygen atoms in total. The molecule has 1 fully saturated rings.